The maximum Gasteiger partial charge on any atom is 0.383 e. The molecule has 1 aliphatic heterocycles. The molecular weight excluding hydrogens is 254 g/mol. The topological polar surface area (TPSA) is 49.6 Å². The van der Waals surface area contributed by atoms with E-state index in [1.165, 1.54) is 0 Å². The van der Waals surface area contributed by atoms with E-state index in [1.54, 1.807) is 0 Å². The molecule has 0 radical (unpaired) electrons. The molecule has 0 bridgehead atoms. The van der Waals surface area contributed by atoms with Gasteiger partial charge in [0.1, 0.15) is 0 Å². The zero-order valence-corrected chi connectivity index (χ0v) is 9.92. The average Bonchev–Trinajstić information content (AvgIpc) is 2.54. The van der Waals surface area contributed by atoms with Gasteiger partial charge in [0.05, 0.1) is 0 Å². The number of nitrogens with two attached hydrogens (primary N) is 1. The fraction of sp³-hybridized carbons (Fsp3) is 0.900. The van der Waals surface area contributed by atoms with Crippen LogP contribution in [-0.4, -0.2) is 67.3 Å². The highest BCUT2D eigenvalue weighted by Crippen LogP contribution is 2.25. The van der Waals surface area contributed by atoms with Crippen LogP contribution in [0.15, 0.2) is 0 Å². The number of nitrogens with zero attached hydrogens (tertiary/aromatic N) is 2. The summed E-state index contributed by atoms with van der Waals surface area (Å²) >= 11 is 0. The predicted octanol–water partition coefficient (Wildman–Crippen LogP) is 0.380. The normalized spacial score (nSPS) is 19.1. The summed E-state index contributed by atoms with van der Waals surface area (Å²) in [5, 5.41) is 0. The summed E-state index contributed by atoms with van der Waals surface area (Å²) < 4.78 is 50.0. The van der Waals surface area contributed by atoms with E-state index in [0.717, 1.165) is 4.90 Å². The molecule has 0 aromatic carbocycles. The molecule has 4 nitrogen and oxygen atoms in total. The molecule has 1 heterocycles. The first kappa shape index (κ1) is 15.2. The first-order chi connectivity index (χ1) is 8.39. The Kier molecular flexibility index (Phi) is 5.33. The molecule has 0 aromatic heterocycles. The summed E-state index contributed by atoms with van der Waals surface area (Å²) in [6, 6.07) is 0. The zero-order valence-electron chi connectivity index (χ0n) is 9.92. The molecule has 0 aromatic rings. The van der Waals surface area contributed by atoms with Gasteiger partial charge < -0.3 is 15.5 Å². The fourth-order valence-corrected chi connectivity index (χ4v) is 1.88. The number of rotatable bonds is 4. The standard InChI is InChI=1S/C10H17F4N3O/c11-8(12)10(13,14)9(18)17-4-1-3-16(5-2-15)6-7-17/h8H,1-7,15H2. The van der Waals surface area contributed by atoms with E-state index in [2.05, 4.69) is 0 Å². The highest BCUT2D eigenvalue weighted by molar-refractivity contribution is 5.84. The summed E-state index contributed by atoms with van der Waals surface area (Å²) in [5.74, 6) is -6.38. The Bertz CT molecular complexity index is 288. The minimum atomic E-state index is -4.59. The molecule has 1 saturated heterocycles. The third-order valence-electron chi connectivity index (χ3n) is 2.88. The van der Waals surface area contributed by atoms with E-state index in [4.69, 9.17) is 5.73 Å². The molecule has 8 heteroatoms. The van der Waals surface area contributed by atoms with Crippen LogP contribution < -0.4 is 5.73 Å². The molecule has 1 fully saturated rings. The van der Waals surface area contributed by atoms with Gasteiger partial charge in [-0.1, -0.05) is 0 Å². The van der Waals surface area contributed by atoms with Crippen molar-refractivity contribution in [1.82, 2.24) is 9.80 Å². The Morgan fingerprint density at radius 2 is 1.89 bits per heavy atom. The molecule has 0 spiro atoms. The van der Waals surface area contributed by atoms with Crippen molar-refractivity contribution in [2.24, 2.45) is 5.73 Å². The summed E-state index contributed by atoms with van der Waals surface area (Å²) in [7, 11) is 0. The van der Waals surface area contributed by atoms with Gasteiger partial charge in [-0.3, -0.25) is 4.79 Å². The minimum Gasteiger partial charge on any atom is -0.336 e. The molecule has 1 rings (SSSR count). The van der Waals surface area contributed by atoms with Crippen molar-refractivity contribution in [3.63, 3.8) is 0 Å². The van der Waals surface area contributed by atoms with Crippen molar-refractivity contribution in [3.8, 4) is 0 Å². The number of carbonyl (C=O) groups excluding carboxylic acids is 1. The molecule has 1 amide bonds. The maximum absolute atomic E-state index is 12.9. The van der Waals surface area contributed by atoms with Crippen LogP contribution >= 0.6 is 0 Å². The SMILES string of the molecule is NCCN1CCCN(C(=O)C(F)(F)C(F)F)CC1. The van der Waals surface area contributed by atoms with Gasteiger partial charge in [0.15, 0.2) is 0 Å². The largest absolute Gasteiger partial charge is 0.383 e. The Morgan fingerprint density at radius 1 is 1.22 bits per heavy atom. The number of amides is 1. The van der Waals surface area contributed by atoms with Crippen LogP contribution in [0.5, 0.6) is 0 Å². The van der Waals surface area contributed by atoms with Crippen LogP contribution in [0, 0.1) is 0 Å². The van der Waals surface area contributed by atoms with Crippen molar-refractivity contribution in [2.45, 2.75) is 18.8 Å². The average molecular weight is 271 g/mol. The van der Waals surface area contributed by atoms with Crippen molar-refractivity contribution in [1.29, 1.82) is 0 Å². The van der Waals surface area contributed by atoms with Crippen molar-refractivity contribution >= 4 is 5.91 Å². The summed E-state index contributed by atoms with van der Waals surface area (Å²) in [6.07, 6.45) is -3.49. The molecule has 18 heavy (non-hydrogen) atoms. The Morgan fingerprint density at radius 3 is 2.44 bits per heavy atom. The van der Waals surface area contributed by atoms with E-state index in [0.29, 0.717) is 32.6 Å². The first-order valence-corrected chi connectivity index (χ1v) is 5.77. The number of carbonyl (C=O) groups is 1. The Labute approximate surface area is 103 Å². The molecule has 1 aliphatic rings. The Balaban J connectivity index is 2.60. The molecule has 0 atom stereocenters. The molecule has 0 unspecified atom stereocenters. The number of hydrogen-bond donors (Lipinski definition) is 1. The van der Waals surface area contributed by atoms with Crippen LogP contribution in [-0.2, 0) is 4.79 Å². The second-order valence-corrected chi connectivity index (χ2v) is 4.20. The maximum atomic E-state index is 12.9. The molecular formula is C10H17F4N3O. The van der Waals surface area contributed by atoms with Gasteiger partial charge in [-0.15, -0.1) is 0 Å². The smallest absolute Gasteiger partial charge is 0.336 e. The van der Waals surface area contributed by atoms with E-state index in [1.807, 2.05) is 4.90 Å². The van der Waals surface area contributed by atoms with Gasteiger partial charge in [-0.2, -0.15) is 8.78 Å². The second-order valence-electron chi connectivity index (χ2n) is 4.20. The van der Waals surface area contributed by atoms with E-state index >= 15 is 0 Å². The number of hydrogen-bond acceptors (Lipinski definition) is 3. The van der Waals surface area contributed by atoms with Gasteiger partial charge >= 0.3 is 12.3 Å². The quantitative estimate of drug-likeness (QED) is 0.752. The zero-order chi connectivity index (χ0) is 13.8. The van der Waals surface area contributed by atoms with Crippen molar-refractivity contribution < 1.29 is 22.4 Å². The summed E-state index contributed by atoms with van der Waals surface area (Å²) in [6.45, 7) is 2.14. The van der Waals surface area contributed by atoms with Crippen LogP contribution in [0.2, 0.25) is 0 Å². The summed E-state index contributed by atoms with van der Waals surface area (Å²) in [4.78, 5) is 14.1. The van der Waals surface area contributed by atoms with E-state index in [-0.39, 0.29) is 13.1 Å². The lowest BCUT2D eigenvalue weighted by atomic mass is 10.2. The highest BCUT2D eigenvalue weighted by atomic mass is 19.3. The monoisotopic (exact) mass is 271 g/mol. The lowest BCUT2D eigenvalue weighted by Crippen LogP contribution is -2.49. The van der Waals surface area contributed by atoms with E-state index < -0.39 is 18.3 Å². The molecule has 2 N–H and O–H groups in total. The van der Waals surface area contributed by atoms with Gasteiger partial charge in [0.2, 0.25) is 0 Å². The third kappa shape index (κ3) is 3.55. The first-order valence-electron chi connectivity index (χ1n) is 5.77. The van der Waals surface area contributed by atoms with Crippen LogP contribution in [0.25, 0.3) is 0 Å². The van der Waals surface area contributed by atoms with Crippen molar-refractivity contribution in [3.05, 3.63) is 0 Å². The Hall–Kier alpha value is -0.890. The van der Waals surface area contributed by atoms with Crippen LogP contribution in [0.4, 0.5) is 17.6 Å². The number of halogens is 4. The third-order valence-corrected chi connectivity index (χ3v) is 2.88. The predicted molar refractivity (Wildman–Crippen MR) is 57.6 cm³/mol. The van der Waals surface area contributed by atoms with Crippen molar-refractivity contribution in [2.75, 3.05) is 39.3 Å². The molecule has 0 aliphatic carbocycles. The molecule has 0 saturated carbocycles. The van der Waals surface area contributed by atoms with Gasteiger partial charge in [0, 0.05) is 32.7 Å². The second kappa shape index (κ2) is 6.33. The van der Waals surface area contributed by atoms with Gasteiger partial charge in [-0.05, 0) is 13.0 Å². The number of alkyl halides is 4. The van der Waals surface area contributed by atoms with Crippen LogP contribution in [0.3, 0.4) is 0 Å². The minimum absolute atomic E-state index is 0.0289. The van der Waals surface area contributed by atoms with Crippen LogP contribution in [0.1, 0.15) is 6.42 Å². The van der Waals surface area contributed by atoms with E-state index in [9.17, 15) is 22.4 Å². The lowest BCUT2D eigenvalue weighted by molar-refractivity contribution is -0.180. The lowest BCUT2D eigenvalue weighted by Gasteiger charge is -2.25. The van der Waals surface area contributed by atoms with Gasteiger partial charge in [-0.25, -0.2) is 8.78 Å². The highest BCUT2D eigenvalue weighted by Gasteiger charge is 2.51. The molecule has 106 valence electrons. The summed E-state index contributed by atoms with van der Waals surface area (Å²) in [5.41, 5.74) is 5.37. The fourth-order valence-electron chi connectivity index (χ4n) is 1.88. The van der Waals surface area contributed by atoms with Gasteiger partial charge in [0.25, 0.3) is 5.91 Å².